The summed E-state index contributed by atoms with van der Waals surface area (Å²) in [4.78, 5) is 27.0. The third kappa shape index (κ3) is 5.05. The molecule has 1 fully saturated rings. The summed E-state index contributed by atoms with van der Waals surface area (Å²) in [6, 6.07) is 4.66. The maximum absolute atomic E-state index is 13.9. The largest absolute Gasteiger partial charge is 0.467 e. The van der Waals surface area contributed by atoms with Gasteiger partial charge in [0.2, 0.25) is 5.91 Å². The first kappa shape index (κ1) is 24.8. The summed E-state index contributed by atoms with van der Waals surface area (Å²) < 4.78 is 48.3. The van der Waals surface area contributed by atoms with Crippen LogP contribution in [0, 0.1) is 0 Å². The molecule has 1 amide bonds. The van der Waals surface area contributed by atoms with E-state index in [1.165, 1.54) is 13.2 Å². The molecule has 0 radical (unpaired) electrons. The van der Waals surface area contributed by atoms with Gasteiger partial charge in [-0.1, -0.05) is 0 Å². The Labute approximate surface area is 212 Å². The minimum Gasteiger partial charge on any atom is -0.467 e. The molecular weight excluding hydrogens is 487 g/mol. The lowest BCUT2D eigenvalue weighted by atomic mass is 9.91. The summed E-state index contributed by atoms with van der Waals surface area (Å²) in [6.45, 7) is 4.37. The molecule has 1 unspecified atom stereocenters. The van der Waals surface area contributed by atoms with E-state index in [0.717, 1.165) is 11.4 Å². The molecule has 2 aliphatic heterocycles. The third-order valence-electron chi connectivity index (χ3n) is 7.00. The number of rotatable bonds is 5. The highest BCUT2D eigenvalue weighted by atomic mass is 19.4. The first-order valence-electron chi connectivity index (χ1n) is 12.1. The number of carbonyl (C=O) groups excluding carboxylic acids is 1. The molecule has 1 aromatic carbocycles. The number of anilines is 2. The van der Waals surface area contributed by atoms with E-state index in [-0.39, 0.29) is 30.9 Å². The smallest absolute Gasteiger partial charge is 0.416 e. The van der Waals surface area contributed by atoms with E-state index in [9.17, 15) is 18.0 Å². The monoisotopic (exact) mass is 515 g/mol. The molecule has 37 heavy (non-hydrogen) atoms. The Morgan fingerprint density at radius 2 is 1.89 bits per heavy atom. The SMILES string of the molecule is COc1ncc(N2CCc3c(C(F)(F)F)ccc(N4CCN(C(=O)Cn5cccn5)C(C)C4)c3C2)cn1. The average molecular weight is 516 g/mol. The molecular formula is C25H28F3N7O2. The molecule has 196 valence electrons. The number of nitrogens with zero attached hydrogens (tertiary/aromatic N) is 7. The van der Waals surface area contributed by atoms with Gasteiger partial charge in [-0.25, -0.2) is 9.97 Å². The van der Waals surface area contributed by atoms with Gasteiger partial charge in [0.25, 0.3) is 0 Å². The zero-order valence-corrected chi connectivity index (χ0v) is 20.6. The van der Waals surface area contributed by atoms with Crippen LogP contribution < -0.4 is 14.5 Å². The second-order valence-corrected chi connectivity index (χ2v) is 9.27. The molecule has 4 heterocycles. The van der Waals surface area contributed by atoms with Crippen LogP contribution in [0.1, 0.15) is 23.6 Å². The van der Waals surface area contributed by atoms with E-state index in [0.29, 0.717) is 43.9 Å². The molecule has 1 atom stereocenters. The van der Waals surface area contributed by atoms with Crippen LogP contribution in [0.25, 0.3) is 0 Å². The number of amides is 1. The molecule has 1 saturated heterocycles. The molecule has 0 spiro atoms. The quantitative estimate of drug-likeness (QED) is 0.517. The second kappa shape index (κ2) is 9.91. The summed E-state index contributed by atoms with van der Waals surface area (Å²) >= 11 is 0. The van der Waals surface area contributed by atoms with Crippen LogP contribution in [0.5, 0.6) is 6.01 Å². The second-order valence-electron chi connectivity index (χ2n) is 9.27. The number of hydrogen-bond acceptors (Lipinski definition) is 7. The molecule has 2 aliphatic rings. The van der Waals surface area contributed by atoms with E-state index in [4.69, 9.17) is 4.74 Å². The van der Waals surface area contributed by atoms with Crippen molar-refractivity contribution in [2.75, 3.05) is 43.1 Å². The van der Waals surface area contributed by atoms with Crippen LogP contribution in [0.3, 0.4) is 0 Å². The van der Waals surface area contributed by atoms with Gasteiger partial charge in [0.05, 0.1) is 30.8 Å². The van der Waals surface area contributed by atoms with Crippen LogP contribution in [-0.4, -0.2) is 69.9 Å². The first-order valence-corrected chi connectivity index (χ1v) is 12.1. The van der Waals surface area contributed by atoms with Gasteiger partial charge in [-0.2, -0.15) is 18.3 Å². The molecule has 0 aliphatic carbocycles. The van der Waals surface area contributed by atoms with Crippen LogP contribution in [0.15, 0.2) is 43.0 Å². The van der Waals surface area contributed by atoms with E-state index in [1.54, 1.807) is 41.6 Å². The number of piperazine rings is 1. The maximum Gasteiger partial charge on any atom is 0.416 e. The van der Waals surface area contributed by atoms with E-state index < -0.39 is 11.7 Å². The summed E-state index contributed by atoms with van der Waals surface area (Å²) in [5.74, 6) is -0.0315. The van der Waals surface area contributed by atoms with Gasteiger partial charge in [0.15, 0.2) is 0 Å². The molecule has 0 N–H and O–H groups in total. The number of ether oxygens (including phenoxy) is 1. The predicted octanol–water partition coefficient (Wildman–Crippen LogP) is 3.00. The number of carbonyl (C=O) groups is 1. The van der Waals surface area contributed by atoms with Crippen molar-refractivity contribution < 1.29 is 22.7 Å². The van der Waals surface area contributed by atoms with Crippen molar-refractivity contribution >= 4 is 17.3 Å². The van der Waals surface area contributed by atoms with Gasteiger partial charge in [-0.05, 0) is 42.7 Å². The Balaban J connectivity index is 1.40. The molecule has 12 heteroatoms. The van der Waals surface area contributed by atoms with Gasteiger partial charge in [-0.3, -0.25) is 9.48 Å². The molecule has 0 bridgehead atoms. The molecule has 9 nitrogen and oxygen atoms in total. The van der Waals surface area contributed by atoms with Gasteiger partial charge < -0.3 is 19.4 Å². The predicted molar refractivity (Wildman–Crippen MR) is 130 cm³/mol. The fourth-order valence-corrected chi connectivity index (χ4v) is 5.19. The van der Waals surface area contributed by atoms with Crippen molar-refractivity contribution in [3.8, 4) is 6.01 Å². The van der Waals surface area contributed by atoms with Crippen molar-refractivity contribution in [2.24, 2.45) is 0 Å². The number of hydrogen-bond donors (Lipinski definition) is 0. The summed E-state index contributed by atoms with van der Waals surface area (Å²) in [5, 5.41) is 4.10. The van der Waals surface area contributed by atoms with Gasteiger partial charge in [0.1, 0.15) is 6.54 Å². The zero-order valence-electron chi connectivity index (χ0n) is 20.6. The highest BCUT2D eigenvalue weighted by molar-refractivity contribution is 5.77. The normalized spacial score (nSPS) is 18.1. The minimum atomic E-state index is -4.43. The number of halogens is 3. The maximum atomic E-state index is 13.9. The number of methoxy groups -OCH3 is 1. The lowest BCUT2D eigenvalue weighted by Gasteiger charge is -2.43. The minimum absolute atomic E-state index is 0.0315. The van der Waals surface area contributed by atoms with Crippen LogP contribution in [-0.2, 0) is 30.5 Å². The number of aromatic nitrogens is 4. The van der Waals surface area contributed by atoms with E-state index in [1.807, 2.05) is 16.7 Å². The van der Waals surface area contributed by atoms with E-state index in [2.05, 4.69) is 20.0 Å². The van der Waals surface area contributed by atoms with Crippen molar-refractivity contribution in [1.82, 2.24) is 24.6 Å². The third-order valence-corrected chi connectivity index (χ3v) is 7.00. The summed E-state index contributed by atoms with van der Waals surface area (Å²) in [7, 11) is 1.47. The van der Waals surface area contributed by atoms with Crippen molar-refractivity contribution in [2.45, 2.75) is 38.7 Å². The highest BCUT2D eigenvalue weighted by Gasteiger charge is 2.38. The molecule has 3 aromatic rings. The van der Waals surface area contributed by atoms with Gasteiger partial charge >= 0.3 is 12.2 Å². The Bertz CT molecular complexity index is 1250. The Morgan fingerprint density at radius 3 is 2.54 bits per heavy atom. The van der Waals surface area contributed by atoms with Crippen molar-refractivity contribution in [3.05, 3.63) is 59.7 Å². The molecule has 2 aromatic heterocycles. The number of fused-ring (bicyclic) bond motifs is 1. The Kier molecular flexibility index (Phi) is 6.65. The highest BCUT2D eigenvalue weighted by Crippen LogP contribution is 2.40. The zero-order chi connectivity index (χ0) is 26.2. The average Bonchev–Trinajstić information content (AvgIpc) is 3.40. The van der Waals surface area contributed by atoms with Crippen molar-refractivity contribution in [3.63, 3.8) is 0 Å². The Morgan fingerprint density at radius 1 is 1.11 bits per heavy atom. The standard InChI is InChI=1S/C25H28F3N7O2/c1-17-14-33(10-11-35(17)23(36)16-34-8-3-7-31-34)22-5-4-21(25(26,27)28)19-6-9-32(15-20(19)22)18-12-29-24(37-2)30-13-18/h3-5,7-8,12-13,17H,6,9-11,14-16H2,1-2H3. The molecule has 5 rings (SSSR count). The number of alkyl halides is 3. The van der Waals surface area contributed by atoms with E-state index >= 15 is 0 Å². The lowest BCUT2D eigenvalue weighted by molar-refractivity contribution is -0.138. The fraction of sp³-hybridized carbons (Fsp3) is 0.440. The fourth-order valence-electron chi connectivity index (χ4n) is 5.19. The number of benzene rings is 1. The Hall–Kier alpha value is -3.83. The van der Waals surface area contributed by atoms with Crippen LogP contribution >= 0.6 is 0 Å². The molecule has 0 saturated carbocycles. The van der Waals surface area contributed by atoms with Gasteiger partial charge in [0, 0.05) is 56.8 Å². The lowest BCUT2D eigenvalue weighted by Crippen LogP contribution is -2.55. The van der Waals surface area contributed by atoms with Crippen LogP contribution in [0.2, 0.25) is 0 Å². The van der Waals surface area contributed by atoms with Crippen molar-refractivity contribution in [1.29, 1.82) is 0 Å². The first-order chi connectivity index (χ1) is 17.7. The van der Waals surface area contributed by atoms with Gasteiger partial charge in [-0.15, -0.1) is 0 Å². The summed E-state index contributed by atoms with van der Waals surface area (Å²) in [6.07, 6.45) is 2.43. The van der Waals surface area contributed by atoms with Crippen LogP contribution in [0.4, 0.5) is 24.5 Å². The summed E-state index contributed by atoms with van der Waals surface area (Å²) in [5.41, 5.74) is 1.89. The topological polar surface area (TPSA) is 79.6 Å².